The molecule has 1 atom stereocenters. The Morgan fingerprint density at radius 1 is 1.10 bits per heavy atom. The lowest BCUT2D eigenvalue weighted by atomic mass is 10.2. The Hall–Kier alpha value is -4.64. The molecule has 0 spiro atoms. The second-order valence-corrected chi connectivity index (χ2v) is 8.50. The molecule has 0 unspecified atom stereocenters. The van der Waals surface area contributed by atoms with Gasteiger partial charge in [0, 0.05) is 37.8 Å². The largest absolute Gasteiger partial charge is 0.469 e. The number of hydrogen-bond acceptors (Lipinski definition) is 7. The van der Waals surface area contributed by atoms with Crippen LogP contribution in [0.2, 0.25) is 5.02 Å². The molecule has 11 nitrogen and oxygen atoms in total. The van der Waals surface area contributed by atoms with Crippen molar-refractivity contribution in [2.24, 2.45) is 4.99 Å². The number of aromatic amines is 1. The number of urea groups is 1. The number of hydrogen-bond donors (Lipinski definition) is 3. The van der Waals surface area contributed by atoms with Crippen LogP contribution in [0.5, 0.6) is 11.6 Å². The second kappa shape index (κ2) is 22.1. The number of nitrogens with one attached hydrogen (secondary N) is 3. The first-order valence-corrected chi connectivity index (χ1v) is 13.4. The van der Waals surface area contributed by atoms with Gasteiger partial charge in [0.2, 0.25) is 6.41 Å². The maximum Gasteiger partial charge on any atom is 0.317 e. The molecule has 3 N–H and O–H groups in total. The van der Waals surface area contributed by atoms with E-state index < -0.39 is 0 Å². The monoisotopic (exact) mass is 601 g/mol. The summed E-state index contributed by atoms with van der Waals surface area (Å²) in [4.78, 5) is 51.0. The number of benzene rings is 2. The summed E-state index contributed by atoms with van der Waals surface area (Å²) in [5.41, 5.74) is 1.53. The molecule has 0 fully saturated rings. The van der Waals surface area contributed by atoms with E-state index in [2.05, 4.69) is 32.1 Å². The lowest BCUT2D eigenvalue weighted by Gasteiger charge is -2.24. The Labute approximate surface area is 251 Å². The summed E-state index contributed by atoms with van der Waals surface area (Å²) in [6.45, 7) is 9.62. The molecule has 0 saturated carbocycles. The summed E-state index contributed by atoms with van der Waals surface area (Å²) in [7, 11) is 4.54. The van der Waals surface area contributed by atoms with Crippen molar-refractivity contribution in [1.29, 1.82) is 0 Å². The highest BCUT2D eigenvalue weighted by molar-refractivity contribution is 6.30. The maximum absolute atomic E-state index is 11.9. The number of ether oxygens (including phenoxy) is 2. The molecule has 0 radical (unpaired) electrons. The first kappa shape index (κ1) is 37.4. The van der Waals surface area contributed by atoms with Gasteiger partial charge in [0.05, 0.1) is 19.2 Å². The molecule has 3 amide bonds. The van der Waals surface area contributed by atoms with Crippen molar-refractivity contribution in [3.05, 3.63) is 87.7 Å². The standard InChI is InChI=1S/C14H19ClN2O3.C12H10N2O2.C2H5NO.C2H6/c1-10(8-13(18)20-3)17(2)14(19)16-9-11-4-6-12(15)7-5-11;1-13-9-5-7-10(8-6-9)16-12-4-2-3-11(15)14-12;1-3-2-4;1-2/h4-7,10H,8-9H2,1-3H3,(H,16,19);2-8H,1H2,(H,14,15);2H,1H3,(H,3,4);1-2H3/t10-;;;/m0.../s1. The number of esters is 1. The molecule has 3 rings (SSSR count). The molecule has 1 aromatic heterocycles. The van der Waals surface area contributed by atoms with Crippen LogP contribution in [-0.4, -0.2) is 62.3 Å². The normalized spacial score (nSPS) is 9.88. The van der Waals surface area contributed by atoms with Gasteiger partial charge in [-0.05, 0) is 61.7 Å². The lowest BCUT2D eigenvalue weighted by Crippen LogP contribution is -2.43. The Balaban J connectivity index is 0.000000683. The van der Waals surface area contributed by atoms with Crippen LogP contribution in [0.15, 0.2) is 76.5 Å². The molecule has 3 aromatic rings. The van der Waals surface area contributed by atoms with Gasteiger partial charge in [-0.25, -0.2) is 4.79 Å². The molecule has 228 valence electrons. The summed E-state index contributed by atoms with van der Waals surface area (Å²) in [6.07, 6.45) is 0.793. The van der Waals surface area contributed by atoms with Crippen molar-refractivity contribution in [1.82, 2.24) is 20.5 Å². The molecular weight excluding hydrogens is 562 g/mol. The molecule has 0 aliphatic carbocycles. The average Bonchev–Trinajstić information content (AvgIpc) is 3.02. The number of carbonyl (C=O) groups is 3. The zero-order valence-corrected chi connectivity index (χ0v) is 25.6. The number of nitrogens with zero attached hydrogens (tertiary/aromatic N) is 2. The quantitative estimate of drug-likeness (QED) is 0.172. The van der Waals surface area contributed by atoms with Crippen molar-refractivity contribution < 1.29 is 23.9 Å². The number of carbonyl (C=O) groups excluding carboxylic acids is 3. The highest BCUT2D eigenvalue weighted by Gasteiger charge is 2.18. The lowest BCUT2D eigenvalue weighted by molar-refractivity contribution is -0.141. The Morgan fingerprint density at radius 3 is 2.19 bits per heavy atom. The van der Waals surface area contributed by atoms with Crippen LogP contribution < -0.4 is 20.9 Å². The Bertz CT molecular complexity index is 1270. The molecule has 12 heteroatoms. The van der Waals surface area contributed by atoms with Crippen molar-refractivity contribution in [3.63, 3.8) is 0 Å². The number of methoxy groups -OCH3 is 1. The van der Waals surface area contributed by atoms with Gasteiger partial charge in [0.25, 0.3) is 5.56 Å². The van der Waals surface area contributed by atoms with Gasteiger partial charge < -0.3 is 25.0 Å². The number of halogens is 1. The minimum absolute atomic E-state index is 0.168. The van der Waals surface area contributed by atoms with E-state index in [1.54, 1.807) is 69.6 Å². The van der Waals surface area contributed by atoms with Crippen LogP contribution in [0.1, 0.15) is 32.8 Å². The van der Waals surface area contributed by atoms with Gasteiger partial charge in [-0.3, -0.25) is 24.4 Å². The van der Waals surface area contributed by atoms with Crippen molar-refractivity contribution in [2.45, 2.75) is 39.8 Å². The predicted octanol–water partition coefficient (Wildman–Crippen LogP) is 5.32. The fraction of sp³-hybridized carbons (Fsp3) is 0.300. The summed E-state index contributed by atoms with van der Waals surface area (Å²) >= 11 is 5.79. The van der Waals surface area contributed by atoms with E-state index in [9.17, 15) is 14.4 Å². The molecule has 0 aliphatic rings. The first-order chi connectivity index (χ1) is 20.1. The van der Waals surface area contributed by atoms with Crippen LogP contribution in [0, 0.1) is 0 Å². The number of aliphatic imine (C=N–C) groups is 1. The van der Waals surface area contributed by atoms with E-state index >= 15 is 0 Å². The average molecular weight is 602 g/mol. The maximum atomic E-state index is 11.9. The van der Waals surface area contributed by atoms with Crippen LogP contribution >= 0.6 is 11.6 Å². The number of rotatable bonds is 9. The second-order valence-electron chi connectivity index (χ2n) is 8.07. The summed E-state index contributed by atoms with van der Waals surface area (Å²) in [5.74, 6) is 0.705. The van der Waals surface area contributed by atoms with Crippen molar-refractivity contribution in [2.75, 3.05) is 21.2 Å². The van der Waals surface area contributed by atoms with Gasteiger partial charge >= 0.3 is 12.0 Å². The molecule has 2 aromatic carbocycles. The van der Waals surface area contributed by atoms with Crippen LogP contribution in [0.3, 0.4) is 0 Å². The van der Waals surface area contributed by atoms with Gasteiger partial charge in [0.1, 0.15) is 5.75 Å². The fourth-order valence-corrected chi connectivity index (χ4v) is 2.93. The minimum atomic E-state index is -0.338. The Kier molecular flexibility index (Phi) is 19.7. The SMILES string of the molecule is C=Nc1ccc(Oc2cccc(=O)[nH]2)cc1.CC.CNC=O.COC(=O)C[C@H](C)N(C)C(=O)NCc1ccc(Cl)cc1. The van der Waals surface area contributed by atoms with Gasteiger partial charge in [-0.15, -0.1) is 0 Å². The minimum Gasteiger partial charge on any atom is -0.469 e. The molecule has 0 saturated heterocycles. The highest BCUT2D eigenvalue weighted by Crippen LogP contribution is 2.21. The zero-order valence-electron chi connectivity index (χ0n) is 24.8. The number of H-pyrrole nitrogens is 1. The van der Waals surface area contributed by atoms with E-state index in [1.165, 1.54) is 18.1 Å². The predicted molar refractivity (Wildman–Crippen MR) is 167 cm³/mol. The van der Waals surface area contributed by atoms with E-state index in [4.69, 9.17) is 21.1 Å². The highest BCUT2D eigenvalue weighted by atomic mass is 35.5. The van der Waals surface area contributed by atoms with Crippen LogP contribution in [0.25, 0.3) is 0 Å². The van der Waals surface area contributed by atoms with E-state index in [0.717, 1.165) is 11.3 Å². The zero-order chi connectivity index (χ0) is 31.9. The fourth-order valence-electron chi connectivity index (χ4n) is 2.80. The first-order valence-electron chi connectivity index (χ1n) is 13.0. The summed E-state index contributed by atoms with van der Waals surface area (Å²) in [5, 5.41) is 5.69. The number of pyridine rings is 1. The topological polar surface area (TPSA) is 142 Å². The Morgan fingerprint density at radius 2 is 1.69 bits per heavy atom. The molecular formula is C30H40ClN5O6. The molecule has 0 aliphatic heterocycles. The van der Waals surface area contributed by atoms with Crippen molar-refractivity contribution in [3.8, 4) is 11.6 Å². The van der Waals surface area contributed by atoms with Gasteiger partial charge in [-0.1, -0.05) is 43.6 Å². The van der Waals surface area contributed by atoms with Gasteiger partial charge in [0.15, 0.2) is 5.88 Å². The summed E-state index contributed by atoms with van der Waals surface area (Å²) in [6, 6.07) is 18.6. The van der Waals surface area contributed by atoms with E-state index in [0.29, 0.717) is 29.6 Å². The third kappa shape index (κ3) is 15.8. The molecule has 1 heterocycles. The molecule has 42 heavy (non-hydrogen) atoms. The van der Waals surface area contributed by atoms with E-state index in [-0.39, 0.29) is 30.0 Å². The summed E-state index contributed by atoms with van der Waals surface area (Å²) < 4.78 is 10.0. The third-order valence-corrected chi connectivity index (χ3v) is 5.39. The van der Waals surface area contributed by atoms with Gasteiger partial charge in [-0.2, -0.15) is 0 Å². The number of amides is 3. The van der Waals surface area contributed by atoms with Crippen molar-refractivity contribution >= 4 is 42.4 Å². The van der Waals surface area contributed by atoms with Crippen LogP contribution in [-0.2, 0) is 20.9 Å². The number of aromatic nitrogens is 1. The van der Waals surface area contributed by atoms with E-state index in [1.807, 2.05) is 26.0 Å². The smallest absolute Gasteiger partial charge is 0.317 e. The van der Waals surface area contributed by atoms with Crippen LogP contribution in [0.4, 0.5) is 10.5 Å². The third-order valence-electron chi connectivity index (χ3n) is 5.13. The molecule has 0 bridgehead atoms.